The summed E-state index contributed by atoms with van der Waals surface area (Å²) in [5.41, 5.74) is 2.74. The van der Waals surface area contributed by atoms with Crippen LogP contribution in [0.2, 0.25) is 0 Å². The monoisotopic (exact) mass is 411 g/mol. The van der Waals surface area contributed by atoms with Crippen LogP contribution in [0.5, 0.6) is 5.75 Å². The molecule has 3 rings (SSSR count). The Morgan fingerprint density at radius 2 is 1.76 bits per heavy atom. The minimum atomic E-state index is -0.0306. The van der Waals surface area contributed by atoms with Gasteiger partial charge in [0.05, 0.1) is 16.8 Å². The molecule has 0 saturated carbocycles. The summed E-state index contributed by atoms with van der Waals surface area (Å²) in [7, 11) is 0. The Morgan fingerprint density at radius 3 is 2.38 bits per heavy atom. The lowest BCUT2D eigenvalue weighted by Crippen LogP contribution is -2.38. The van der Waals surface area contributed by atoms with E-state index in [1.54, 1.807) is 11.3 Å². The number of anilines is 1. The first-order valence-corrected chi connectivity index (χ1v) is 11.0. The zero-order valence-electron chi connectivity index (χ0n) is 17.6. The van der Waals surface area contributed by atoms with Gasteiger partial charge in [-0.1, -0.05) is 37.3 Å². The number of aryl methyl sites for hydroxylation is 1. The molecule has 5 nitrogen and oxygen atoms in total. The first-order valence-electron chi connectivity index (χ1n) is 10.2. The van der Waals surface area contributed by atoms with Gasteiger partial charge in [-0.05, 0) is 62.8 Å². The molecule has 0 aliphatic rings. The number of likely N-dealkylation sites (N-methyl/N-ethyl adjacent to an activating group) is 1. The highest BCUT2D eigenvalue weighted by atomic mass is 32.1. The number of hydrogen-bond acceptors (Lipinski definition) is 5. The summed E-state index contributed by atoms with van der Waals surface area (Å²) >= 11 is 1.57. The van der Waals surface area contributed by atoms with Crippen LogP contribution in [0.1, 0.15) is 36.7 Å². The van der Waals surface area contributed by atoms with Crippen LogP contribution in [-0.4, -0.2) is 48.6 Å². The Labute approximate surface area is 176 Å². The molecule has 1 heterocycles. The highest BCUT2D eigenvalue weighted by Gasteiger charge is 2.22. The van der Waals surface area contributed by atoms with Crippen LogP contribution in [0.4, 0.5) is 5.13 Å². The second kappa shape index (κ2) is 9.85. The predicted molar refractivity (Wildman–Crippen MR) is 121 cm³/mol. The first kappa shape index (κ1) is 21.3. The smallest absolute Gasteiger partial charge is 0.260 e. The van der Waals surface area contributed by atoms with Crippen molar-refractivity contribution in [1.29, 1.82) is 0 Å². The number of amides is 1. The molecule has 154 valence electrons. The molecular formula is C23H29N3O2S. The number of fused-ring (bicyclic) bond motifs is 1. The van der Waals surface area contributed by atoms with Crippen molar-refractivity contribution in [2.24, 2.45) is 0 Å². The molecule has 1 aromatic heterocycles. The summed E-state index contributed by atoms with van der Waals surface area (Å²) in [6.45, 7) is 12.2. The molecule has 0 aliphatic heterocycles. The summed E-state index contributed by atoms with van der Waals surface area (Å²) in [6.07, 6.45) is 0. The van der Waals surface area contributed by atoms with Gasteiger partial charge in [0.15, 0.2) is 5.13 Å². The van der Waals surface area contributed by atoms with Crippen molar-refractivity contribution < 1.29 is 9.53 Å². The number of benzene rings is 2. The Hall–Kier alpha value is -2.44. The number of thiazole rings is 1. The number of nitrogens with zero attached hydrogens (tertiary/aromatic N) is 3. The Bertz CT molecular complexity index is 948. The molecule has 0 fully saturated rings. The van der Waals surface area contributed by atoms with Crippen LogP contribution in [0.15, 0.2) is 42.5 Å². The molecule has 0 atom stereocenters. The predicted octanol–water partition coefficient (Wildman–Crippen LogP) is 4.99. The van der Waals surface area contributed by atoms with E-state index in [0.717, 1.165) is 46.3 Å². The summed E-state index contributed by atoms with van der Waals surface area (Å²) in [4.78, 5) is 22.3. The van der Waals surface area contributed by atoms with Crippen molar-refractivity contribution in [2.45, 2.75) is 27.7 Å². The highest BCUT2D eigenvalue weighted by Crippen LogP contribution is 2.31. The van der Waals surface area contributed by atoms with Gasteiger partial charge in [-0.25, -0.2) is 4.98 Å². The molecule has 29 heavy (non-hydrogen) atoms. The van der Waals surface area contributed by atoms with Gasteiger partial charge in [0, 0.05) is 18.7 Å². The maximum atomic E-state index is 13.4. The molecule has 1 amide bonds. The van der Waals surface area contributed by atoms with Gasteiger partial charge in [0.25, 0.3) is 5.91 Å². The second-order valence-electron chi connectivity index (χ2n) is 6.86. The minimum Gasteiger partial charge on any atom is -0.494 e. The highest BCUT2D eigenvalue weighted by molar-refractivity contribution is 7.22. The van der Waals surface area contributed by atoms with Gasteiger partial charge in [-0.15, -0.1) is 0 Å². The van der Waals surface area contributed by atoms with E-state index in [-0.39, 0.29) is 5.91 Å². The Balaban J connectivity index is 1.92. The molecule has 0 saturated heterocycles. The zero-order chi connectivity index (χ0) is 20.8. The maximum Gasteiger partial charge on any atom is 0.260 e. The van der Waals surface area contributed by atoms with E-state index >= 15 is 0 Å². The van der Waals surface area contributed by atoms with E-state index < -0.39 is 0 Å². The Morgan fingerprint density at radius 1 is 1.03 bits per heavy atom. The van der Waals surface area contributed by atoms with Crippen LogP contribution >= 0.6 is 11.3 Å². The summed E-state index contributed by atoms with van der Waals surface area (Å²) in [6, 6.07) is 13.5. The largest absolute Gasteiger partial charge is 0.494 e. The van der Waals surface area contributed by atoms with Crippen molar-refractivity contribution >= 4 is 32.6 Å². The Kier molecular flexibility index (Phi) is 7.23. The maximum absolute atomic E-state index is 13.4. The molecule has 0 aliphatic carbocycles. The lowest BCUT2D eigenvalue weighted by molar-refractivity contribution is 0.0983. The van der Waals surface area contributed by atoms with Gasteiger partial charge in [0.1, 0.15) is 5.75 Å². The fourth-order valence-corrected chi connectivity index (χ4v) is 4.34. The van der Waals surface area contributed by atoms with Gasteiger partial charge in [-0.2, -0.15) is 0 Å². The number of carbonyl (C=O) groups is 1. The average molecular weight is 412 g/mol. The molecule has 3 aromatic rings. The molecule has 0 spiro atoms. The van der Waals surface area contributed by atoms with E-state index in [0.29, 0.717) is 18.7 Å². The molecular weight excluding hydrogens is 382 g/mol. The lowest BCUT2D eigenvalue weighted by atomic mass is 10.2. The summed E-state index contributed by atoms with van der Waals surface area (Å²) < 4.78 is 6.61. The number of para-hydroxylation sites is 1. The number of carbonyl (C=O) groups excluding carboxylic acids is 1. The number of rotatable bonds is 9. The quantitative estimate of drug-likeness (QED) is 0.497. The second-order valence-corrected chi connectivity index (χ2v) is 7.87. The molecule has 2 aromatic carbocycles. The minimum absolute atomic E-state index is 0.0306. The normalized spacial score (nSPS) is 11.2. The van der Waals surface area contributed by atoms with E-state index in [1.807, 2.05) is 42.2 Å². The van der Waals surface area contributed by atoms with E-state index in [9.17, 15) is 4.79 Å². The van der Waals surface area contributed by atoms with E-state index in [4.69, 9.17) is 9.72 Å². The lowest BCUT2D eigenvalue weighted by Gasteiger charge is -2.24. The van der Waals surface area contributed by atoms with Gasteiger partial charge in [-0.3, -0.25) is 9.69 Å². The zero-order valence-corrected chi connectivity index (χ0v) is 18.5. The molecule has 0 bridgehead atoms. The molecule has 0 unspecified atom stereocenters. The molecule has 6 heteroatoms. The number of aromatic nitrogens is 1. The average Bonchev–Trinajstić information content (AvgIpc) is 3.17. The third-order valence-electron chi connectivity index (χ3n) is 5.03. The van der Waals surface area contributed by atoms with Gasteiger partial charge in [0.2, 0.25) is 0 Å². The van der Waals surface area contributed by atoms with Gasteiger partial charge >= 0.3 is 0 Å². The van der Waals surface area contributed by atoms with Crippen molar-refractivity contribution in [2.75, 3.05) is 37.7 Å². The SMILES string of the molecule is CCOc1ccc(C(=O)N(CCN(CC)CC)c2nc3c(C)cccc3s2)cc1. The molecule has 0 radical (unpaired) electrons. The fourth-order valence-electron chi connectivity index (χ4n) is 3.27. The van der Waals surface area contributed by atoms with E-state index in [2.05, 4.69) is 37.8 Å². The van der Waals surface area contributed by atoms with Crippen molar-refractivity contribution in [1.82, 2.24) is 9.88 Å². The summed E-state index contributed by atoms with van der Waals surface area (Å²) in [5.74, 6) is 0.742. The summed E-state index contributed by atoms with van der Waals surface area (Å²) in [5, 5.41) is 0.750. The van der Waals surface area contributed by atoms with Crippen molar-refractivity contribution in [3.63, 3.8) is 0 Å². The fraction of sp³-hybridized carbons (Fsp3) is 0.391. The number of hydrogen-bond donors (Lipinski definition) is 0. The van der Waals surface area contributed by atoms with Crippen LogP contribution in [0.25, 0.3) is 10.2 Å². The van der Waals surface area contributed by atoms with Crippen molar-refractivity contribution in [3.8, 4) is 5.75 Å². The number of ether oxygens (including phenoxy) is 1. The van der Waals surface area contributed by atoms with E-state index in [1.165, 1.54) is 0 Å². The third-order valence-corrected chi connectivity index (χ3v) is 6.08. The van der Waals surface area contributed by atoms with Crippen LogP contribution < -0.4 is 9.64 Å². The third kappa shape index (κ3) is 4.95. The molecule has 0 N–H and O–H groups in total. The first-order chi connectivity index (χ1) is 14.1. The topological polar surface area (TPSA) is 45.7 Å². The van der Waals surface area contributed by atoms with Gasteiger partial charge < -0.3 is 9.64 Å². The van der Waals surface area contributed by atoms with Crippen LogP contribution in [0.3, 0.4) is 0 Å². The van der Waals surface area contributed by atoms with Crippen LogP contribution in [-0.2, 0) is 0 Å². The van der Waals surface area contributed by atoms with Crippen LogP contribution in [0, 0.1) is 6.92 Å². The van der Waals surface area contributed by atoms with Crippen molar-refractivity contribution in [3.05, 3.63) is 53.6 Å². The standard InChI is InChI=1S/C23H29N3O2S/c1-5-25(6-2)15-16-26(22(27)18-11-13-19(14-12-18)28-7-3)23-24-21-17(4)9-8-10-20(21)29-23/h8-14H,5-7,15-16H2,1-4H3.